The molecule has 2 aromatic heterocycles. The van der Waals surface area contributed by atoms with Crippen molar-refractivity contribution in [3.63, 3.8) is 0 Å². The van der Waals surface area contributed by atoms with Crippen LogP contribution in [0.25, 0.3) is 16.7 Å². The van der Waals surface area contributed by atoms with Gasteiger partial charge in [-0.25, -0.2) is 14.6 Å². The number of nitrogens with one attached hydrogen (secondary N) is 1. The number of nitrogens with zero attached hydrogens (tertiary/aromatic N) is 4. The molecule has 0 bridgehead atoms. The number of rotatable bonds is 2. The summed E-state index contributed by atoms with van der Waals surface area (Å²) in [5.41, 5.74) is 4.46. The van der Waals surface area contributed by atoms with Crippen molar-refractivity contribution < 1.29 is 5.21 Å². The molecule has 0 aliphatic heterocycles. The summed E-state index contributed by atoms with van der Waals surface area (Å²) in [6, 6.07) is 9.74. The Bertz CT molecular complexity index is 736. The zero-order valence-electron chi connectivity index (χ0n) is 10.6. The first-order chi connectivity index (χ1) is 9.20. The highest BCUT2D eigenvalue weighted by molar-refractivity contribution is 5.89. The van der Waals surface area contributed by atoms with Crippen LogP contribution < -0.4 is 5.48 Å². The molecule has 2 heterocycles. The summed E-state index contributed by atoms with van der Waals surface area (Å²) < 4.78 is 1.75. The zero-order valence-corrected chi connectivity index (χ0v) is 10.6. The van der Waals surface area contributed by atoms with Gasteiger partial charge in [-0.3, -0.25) is 10.7 Å². The van der Waals surface area contributed by atoms with E-state index in [2.05, 4.69) is 20.5 Å². The van der Waals surface area contributed by atoms with Crippen LogP contribution in [0.15, 0.2) is 30.3 Å². The van der Waals surface area contributed by atoms with Crippen molar-refractivity contribution in [1.29, 1.82) is 0 Å². The zero-order chi connectivity index (χ0) is 13.4. The Morgan fingerprint density at radius 2 is 1.84 bits per heavy atom. The fourth-order valence-electron chi connectivity index (χ4n) is 2.12. The van der Waals surface area contributed by atoms with E-state index in [4.69, 9.17) is 0 Å². The Kier molecular flexibility index (Phi) is 2.64. The summed E-state index contributed by atoms with van der Waals surface area (Å²) in [5, 5.41) is 14.4. The lowest BCUT2D eigenvalue weighted by molar-refractivity contribution is 0.386. The summed E-state index contributed by atoms with van der Waals surface area (Å²) in [5.74, 6) is 0.948. The highest BCUT2D eigenvalue weighted by Gasteiger charge is 2.15. The molecule has 0 fully saturated rings. The highest BCUT2D eigenvalue weighted by atomic mass is 16.5. The predicted octanol–water partition coefficient (Wildman–Crippen LogP) is 2.23. The van der Waals surface area contributed by atoms with Gasteiger partial charge in [0.1, 0.15) is 5.82 Å². The molecule has 6 nitrogen and oxygen atoms in total. The minimum atomic E-state index is 0.377. The number of hydrogen-bond acceptors (Lipinski definition) is 5. The van der Waals surface area contributed by atoms with Crippen LogP contribution in [-0.2, 0) is 0 Å². The van der Waals surface area contributed by atoms with E-state index in [1.807, 2.05) is 37.3 Å². The van der Waals surface area contributed by atoms with Crippen molar-refractivity contribution in [2.24, 2.45) is 0 Å². The average molecular weight is 255 g/mol. The lowest BCUT2D eigenvalue weighted by atomic mass is 10.3. The van der Waals surface area contributed by atoms with Crippen LogP contribution in [0, 0.1) is 13.8 Å². The second kappa shape index (κ2) is 4.33. The fourth-order valence-corrected chi connectivity index (χ4v) is 2.12. The van der Waals surface area contributed by atoms with Crippen LogP contribution >= 0.6 is 0 Å². The molecule has 0 amide bonds. The van der Waals surface area contributed by atoms with Crippen LogP contribution in [0.4, 0.5) is 5.82 Å². The average Bonchev–Trinajstić information content (AvgIpc) is 2.76. The van der Waals surface area contributed by atoms with Gasteiger partial charge in [-0.1, -0.05) is 18.2 Å². The Labute approximate surface area is 109 Å². The minimum Gasteiger partial charge on any atom is -0.290 e. The van der Waals surface area contributed by atoms with Crippen molar-refractivity contribution in [2.75, 3.05) is 5.48 Å². The smallest absolute Gasteiger partial charge is 0.169 e. The molecule has 0 unspecified atom stereocenters. The summed E-state index contributed by atoms with van der Waals surface area (Å²) in [7, 11) is 0. The normalized spacial score (nSPS) is 10.9. The SMILES string of the molecule is Cc1nc(NO)c2c(C)nn(-c3ccccc3)c2n1. The Hall–Kier alpha value is -2.47. The second-order valence-electron chi connectivity index (χ2n) is 4.26. The molecule has 96 valence electrons. The molecule has 6 heteroatoms. The van der Waals surface area contributed by atoms with Gasteiger partial charge < -0.3 is 0 Å². The van der Waals surface area contributed by atoms with Gasteiger partial charge in [-0.15, -0.1) is 0 Å². The quantitative estimate of drug-likeness (QED) is 0.687. The number of para-hydroxylation sites is 1. The van der Waals surface area contributed by atoms with Gasteiger partial charge in [0.15, 0.2) is 11.5 Å². The predicted molar refractivity (Wildman–Crippen MR) is 71.5 cm³/mol. The number of aromatic nitrogens is 4. The molecule has 1 aromatic carbocycles. The van der Waals surface area contributed by atoms with E-state index in [-0.39, 0.29) is 0 Å². The molecule has 0 saturated heterocycles. The summed E-state index contributed by atoms with van der Waals surface area (Å²) in [6.07, 6.45) is 0. The number of benzene rings is 1. The highest BCUT2D eigenvalue weighted by Crippen LogP contribution is 2.25. The molecule has 19 heavy (non-hydrogen) atoms. The van der Waals surface area contributed by atoms with E-state index >= 15 is 0 Å². The topological polar surface area (TPSA) is 75.9 Å². The second-order valence-corrected chi connectivity index (χ2v) is 4.26. The largest absolute Gasteiger partial charge is 0.290 e. The minimum absolute atomic E-state index is 0.377. The maximum absolute atomic E-state index is 9.19. The van der Waals surface area contributed by atoms with E-state index in [0.29, 0.717) is 17.3 Å². The summed E-state index contributed by atoms with van der Waals surface area (Å²) in [6.45, 7) is 3.64. The molecule has 0 atom stereocenters. The molecule has 3 rings (SSSR count). The molecule has 0 spiro atoms. The number of anilines is 1. The maximum atomic E-state index is 9.19. The Morgan fingerprint density at radius 3 is 2.53 bits per heavy atom. The molecule has 2 N–H and O–H groups in total. The van der Waals surface area contributed by atoms with E-state index in [1.165, 1.54) is 0 Å². The van der Waals surface area contributed by atoms with Gasteiger partial charge in [-0.2, -0.15) is 5.10 Å². The Morgan fingerprint density at radius 1 is 1.11 bits per heavy atom. The third-order valence-corrected chi connectivity index (χ3v) is 2.92. The first-order valence-corrected chi connectivity index (χ1v) is 5.90. The summed E-state index contributed by atoms with van der Waals surface area (Å²) in [4.78, 5) is 8.58. The van der Waals surface area contributed by atoms with Gasteiger partial charge >= 0.3 is 0 Å². The first-order valence-electron chi connectivity index (χ1n) is 5.90. The first kappa shape index (κ1) is 11.6. The number of aryl methyl sites for hydroxylation is 2. The van der Waals surface area contributed by atoms with Crippen molar-refractivity contribution in [2.45, 2.75) is 13.8 Å². The van der Waals surface area contributed by atoms with Gasteiger partial charge in [0.05, 0.1) is 16.8 Å². The molecule has 0 saturated carbocycles. The van der Waals surface area contributed by atoms with Crippen molar-refractivity contribution >= 4 is 16.9 Å². The van der Waals surface area contributed by atoms with Crippen LogP contribution in [0.2, 0.25) is 0 Å². The van der Waals surface area contributed by atoms with Crippen LogP contribution in [0.1, 0.15) is 11.5 Å². The molecule has 0 aliphatic carbocycles. The van der Waals surface area contributed by atoms with Crippen LogP contribution in [-0.4, -0.2) is 25.0 Å². The van der Waals surface area contributed by atoms with Crippen LogP contribution in [0.5, 0.6) is 0 Å². The van der Waals surface area contributed by atoms with Crippen molar-refractivity contribution in [3.05, 3.63) is 41.9 Å². The molecule has 3 aromatic rings. The molecular weight excluding hydrogens is 242 g/mol. The lowest BCUT2D eigenvalue weighted by Gasteiger charge is -2.04. The van der Waals surface area contributed by atoms with Gasteiger partial charge in [-0.05, 0) is 26.0 Å². The van der Waals surface area contributed by atoms with E-state index in [1.54, 1.807) is 11.6 Å². The van der Waals surface area contributed by atoms with Crippen molar-refractivity contribution in [3.8, 4) is 5.69 Å². The van der Waals surface area contributed by atoms with Gasteiger partial charge in [0.2, 0.25) is 0 Å². The summed E-state index contributed by atoms with van der Waals surface area (Å²) >= 11 is 0. The van der Waals surface area contributed by atoms with E-state index in [9.17, 15) is 5.21 Å². The monoisotopic (exact) mass is 255 g/mol. The number of hydrogen-bond donors (Lipinski definition) is 2. The van der Waals surface area contributed by atoms with Gasteiger partial charge in [0.25, 0.3) is 0 Å². The van der Waals surface area contributed by atoms with E-state index in [0.717, 1.165) is 16.8 Å². The van der Waals surface area contributed by atoms with Crippen molar-refractivity contribution in [1.82, 2.24) is 19.7 Å². The number of fused-ring (bicyclic) bond motifs is 1. The third kappa shape index (κ3) is 1.82. The molecule has 0 aliphatic rings. The third-order valence-electron chi connectivity index (χ3n) is 2.92. The Balaban J connectivity index is 2.36. The molecular formula is C13H13N5O. The lowest BCUT2D eigenvalue weighted by Crippen LogP contribution is -2.01. The van der Waals surface area contributed by atoms with E-state index < -0.39 is 0 Å². The fraction of sp³-hybridized carbons (Fsp3) is 0.154. The van der Waals surface area contributed by atoms with Gasteiger partial charge in [0, 0.05) is 0 Å². The molecule has 0 radical (unpaired) electrons. The maximum Gasteiger partial charge on any atom is 0.169 e. The standard InChI is InChI=1S/C13H13N5O/c1-8-11-12(17-19)14-9(2)15-13(11)18(16-8)10-6-4-3-5-7-10/h3-7,19H,1-2H3,(H,14,15,17). The van der Waals surface area contributed by atoms with Crippen LogP contribution in [0.3, 0.4) is 0 Å².